The number of nitrogens with zero attached hydrogens (tertiary/aromatic N) is 1. The van der Waals surface area contributed by atoms with E-state index in [0.717, 1.165) is 38.7 Å². The van der Waals surface area contributed by atoms with E-state index in [1.165, 1.54) is 6.07 Å². The fourth-order valence-electron chi connectivity index (χ4n) is 2.79. The Labute approximate surface area is 118 Å². The van der Waals surface area contributed by atoms with Gasteiger partial charge < -0.3 is 4.74 Å². The van der Waals surface area contributed by atoms with E-state index in [1.807, 2.05) is 0 Å². The molecule has 4 heteroatoms. The van der Waals surface area contributed by atoms with Crippen LogP contribution in [0.3, 0.4) is 0 Å². The molecule has 0 aromatic heterocycles. The minimum Gasteiger partial charge on any atom is -0.378 e. The Kier molecular flexibility index (Phi) is 5.08. The third-order valence-corrected chi connectivity index (χ3v) is 3.90. The summed E-state index contributed by atoms with van der Waals surface area (Å²) >= 11 is 0. The standard InChI is InChI=1S/C16H19F2NO/c1-2-9-20-13-6-3-11(4-7-13)14-8-5-12(10-19)15(17)16(14)18/h5,8,11,13H,2-4,6-7,9H2,1H3/t11-,13-. The van der Waals surface area contributed by atoms with Crippen molar-refractivity contribution in [2.75, 3.05) is 6.61 Å². The highest BCUT2D eigenvalue weighted by Gasteiger charge is 2.26. The fourth-order valence-corrected chi connectivity index (χ4v) is 2.79. The Bertz CT molecular complexity index is 502. The lowest BCUT2D eigenvalue weighted by atomic mass is 9.82. The lowest BCUT2D eigenvalue weighted by Crippen LogP contribution is -2.21. The van der Waals surface area contributed by atoms with Crippen LogP contribution in [0.15, 0.2) is 12.1 Å². The van der Waals surface area contributed by atoms with Gasteiger partial charge in [-0.1, -0.05) is 13.0 Å². The summed E-state index contributed by atoms with van der Waals surface area (Å²) in [4.78, 5) is 0. The molecule has 0 aliphatic heterocycles. The second-order valence-corrected chi connectivity index (χ2v) is 5.29. The molecule has 2 rings (SSSR count). The van der Waals surface area contributed by atoms with Crippen molar-refractivity contribution < 1.29 is 13.5 Å². The molecule has 0 bridgehead atoms. The second-order valence-electron chi connectivity index (χ2n) is 5.29. The van der Waals surface area contributed by atoms with Crippen molar-refractivity contribution in [2.24, 2.45) is 0 Å². The third kappa shape index (κ3) is 3.16. The summed E-state index contributed by atoms with van der Waals surface area (Å²) in [5.41, 5.74) is 0.168. The van der Waals surface area contributed by atoms with Crippen molar-refractivity contribution in [3.63, 3.8) is 0 Å². The van der Waals surface area contributed by atoms with Gasteiger partial charge in [0.2, 0.25) is 0 Å². The summed E-state index contributed by atoms with van der Waals surface area (Å²) < 4.78 is 33.3. The number of ether oxygens (including phenoxy) is 1. The minimum atomic E-state index is -1.02. The lowest BCUT2D eigenvalue weighted by molar-refractivity contribution is 0.0248. The Morgan fingerprint density at radius 1 is 1.20 bits per heavy atom. The highest BCUT2D eigenvalue weighted by Crippen LogP contribution is 2.36. The molecule has 0 radical (unpaired) electrons. The molecule has 1 saturated carbocycles. The van der Waals surface area contributed by atoms with Crippen LogP contribution in [0, 0.1) is 23.0 Å². The average molecular weight is 279 g/mol. The lowest BCUT2D eigenvalue weighted by Gasteiger charge is -2.29. The first-order chi connectivity index (χ1) is 9.67. The number of benzene rings is 1. The maximum Gasteiger partial charge on any atom is 0.176 e. The molecule has 0 spiro atoms. The molecule has 1 aromatic rings. The molecule has 2 nitrogen and oxygen atoms in total. The van der Waals surface area contributed by atoms with Gasteiger partial charge in [0.15, 0.2) is 11.6 Å². The highest BCUT2D eigenvalue weighted by atomic mass is 19.2. The zero-order valence-corrected chi connectivity index (χ0v) is 11.7. The third-order valence-electron chi connectivity index (χ3n) is 3.90. The summed E-state index contributed by atoms with van der Waals surface area (Å²) in [6.45, 7) is 2.83. The zero-order valence-electron chi connectivity index (χ0n) is 11.7. The van der Waals surface area contributed by atoms with Crippen LogP contribution in [0.5, 0.6) is 0 Å². The first-order valence-electron chi connectivity index (χ1n) is 7.17. The molecule has 0 atom stereocenters. The molecular formula is C16H19F2NO. The number of hydrogen-bond acceptors (Lipinski definition) is 2. The van der Waals surface area contributed by atoms with Gasteiger partial charge in [-0.25, -0.2) is 8.78 Å². The maximum absolute atomic E-state index is 14.0. The average Bonchev–Trinajstić information content (AvgIpc) is 2.48. The predicted octanol–water partition coefficient (Wildman–Crippen LogP) is 4.29. The van der Waals surface area contributed by atoms with E-state index in [-0.39, 0.29) is 17.6 Å². The van der Waals surface area contributed by atoms with Crippen LogP contribution in [0.4, 0.5) is 8.78 Å². The summed E-state index contributed by atoms with van der Waals surface area (Å²) in [7, 11) is 0. The number of hydrogen-bond donors (Lipinski definition) is 0. The Hall–Kier alpha value is -1.47. The van der Waals surface area contributed by atoms with Crippen LogP contribution < -0.4 is 0 Å². The van der Waals surface area contributed by atoms with Gasteiger partial charge in [-0.3, -0.25) is 0 Å². The first-order valence-corrected chi connectivity index (χ1v) is 7.17. The normalized spacial score (nSPS) is 22.5. The van der Waals surface area contributed by atoms with Crippen LogP contribution in [0.25, 0.3) is 0 Å². The van der Waals surface area contributed by atoms with E-state index >= 15 is 0 Å². The van der Waals surface area contributed by atoms with Gasteiger partial charge >= 0.3 is 0 Å². The van der Waals surface area contributed by atoms with Gasteiger partial charge in [-0.05, 0) is 49.7 Å². The van der Waals surface area contributed by atoms with E-state index in [0.29, 0.717) is 5.56 Å². The monoisotopic (exact) mass is 279 g/mol. The molecule has 0 heterocycles. The molecule has 1 aliphatic rings. The van der Waals surface area contributed by atoms with E-state index < -0.39 is 11.6 Å². The molecule has 1 fully saturated rings. The molecule has 1 aliphatic carbocycles. The van der Waals surface area contributed by atoms with Crippen molar-refractivity contribution >= 4 is 0 Å². The number of rotatable bonds is 4. The Morgan fingerprint density at radius 2 is 1.90 bits per heavy atom. The van der Waals surface area contributed by atoms with Crippen LogP contribution in [-0.4, -0.2) is 12.7 Å². The zero-order chi connectivity index (χ0) is 14.5. The highest BCUT2D eigenvalue weighted by molar-refractivity contribution is 5.36. The minimum absolute atomic E-state index is 0.0266. The van der Waals surface area contributed by atoms with Crippen LogP contribution in [0.2, 0.25) is 0 Å². The fraction of sp³-hybridized carbons (Fsp3) is 0.562. The van der Waals surface area contributed by atoms with Crippen LogP contribution in [-0.2, 0) is 4.74 Å². The smallest absolute Gasteiger partial charge is 0.176 e. The number of nitriles is 1. The summed E-state index contributed by atoms with van der Waals surface area (Å²) in [5, 5.41) is 8.69. The molecular weight excluding hydrogens is 260 g/mol. The van der Waals surface area contributed by atoms with Crippen molar-refractivity contribution in [3.8, 4) is 6.07 Å². The molecule has 108 valence electrons. The van der Waals surface area contributed by atoms with Gasteiger partial charge in [0.25, 0.3) is 0 Å². The molecule has 1 aromatic carbocycles. The van der Waals surface area contributed by atoms with Gasteiger partial charge in [-0.2, -0.15) is 5.26 Å². The van der Waals surface area contributed by atoms with E-state index in [2.05, 4.69) is 6.92 Å². The number of halogens is 2. The van der Waals surface area contributed by atoms with Crippen molar-refractivity contribution in [3.05, 3.63) is 34.9 Å². The molecule has 0 amide bonds. The molecule has 0 N–H and O–H groups in total. The van der Waals surface area contributed by atoms with Gasteiger partial charge in [0.05, 0.1) is 11.7 Å². The Morgan fingerprint density at radius 3 is 2.50 bits per heavy atom. The summed E-state index contributed by atoms with van der Waals surface area (Å²) in [6, 6.07) is 4.58. The largest absolute Gasteiger partial charge is 0.378 e. The quantitative estimate of drug-likeness (QED) is 0.823. The van der Waals surface area contributed by atoms with Crippen LogP contribution >= 0.6 is 0 Å². The maximum atomic E-state index is 14.0. The van der Waals surface area contributed by atoms with E-state index in [4.69, 9.17) is 10.00 Å². The molecule has 20 heavy (non-hydrogen) atoms. The topological polar surface area (TPSA) is 33.0 Å². The van der Waals surface area contributed by atoms with Gasteiger partial charge in [0.1, 0.15) is 6.07 Å². The second kappa shape index (κ2) is 6.81. The summed E-state index contributed by atoms with van der Waals surface area (Å²) in [5.74, 6) is -1.85. The SMILES string of the molecule is CCCO[C@H]1CC[C@H](c2ccc(C#N)c(F)c2F)CC1. The van der Waals surface area contributed by atoms with Gasteiger partial charge in [0, 0.05) is 6.61 Å². The van der Waals surface area contributed by atoms with Crippen molar-refractivity contribution in [2.45, 2.75) is 51.0 Å². The molecule has 0 saturated heterocycles. The van der Waals surface area contributed by atoms with Crippen molar-refractivity contribution in [1.29, 1.82) is 5.26 Å². The summed E-state index contributed by atoms with van der Waals surface area (Å²) in [6.07, 6.45) is 4.61. The van der Waals surface area contributed by atoms with E-state index in [9.17, 15) is 8.78 Å². The Balaban J connectivity index is 2.04. The van der Waals surface area contributed by atoms with Gasteiger partial charge in [-0.15, -0.1) is 0 Å². The van der Waals surface area contributed by atoms with Crippen LogP contribution in [0.1, 0.15) is 56.1 Å². The molecule has 0 unspecified atom stereocenters. The van der Waals surface area contributed by atoms with E-state index in [1.54, 1.807) is 12.1 Å². The predicted molar refractivity (Wildman–Crippen MR) is 72.3 cm³/mol. The van der Waals surface area contributed by atoms with Crippen molar-refractivity contribution in [1.82, 2.24) is 0 Å². The first kappa shape index (κ1) is 14.9.